The van der Waals surface area contributed by atoms with Gasteiger partial charge in [0.25, 0.3) is 0 Å². The second-order valence-electron chi connectivity index (χ2n) is 11.5. The van der Waals surface area contributed by atoms with Gasteiger partial charge in [-0.1, -0.05) is 42.8 Å². The van der Waals surface area contributed by atoms with Crippen molar-refractivity contribution in [3.05, 3.63) is 59.7 Å². The third-order valence-electron chi connectivity index (χ3n) is 8.80. The molecule has 8 heteroatoms. The topological polar surface area (TPSA) is 74.3 Å². The number of hydrogen-bond acceptors (Lipinski definition) is 6. The maximum Gasteiger partial charge on any atom is 0.236 e. The highest BCUT2D eigenvalue weighted by Crippen LogP contribution is 2.37. The van der Waals surface area contributed by atoms with Crippen LogP contribution in [0, 0.1) is 5.41 Å². The molecule has 8 nitrogen and oxygen atoms in total. The number of nitrogens with zero attached hydrogens (tertiary/aromatic N) is 3. The number of likely N-dealkylation sites (tertiary alicyclic amines) is 1. The Bertz CT molecular complexity index is 1140. The number of hydrogen-bond donors (Lipinski definition) is 1. The van der Waals surface area contributed by atoms with E-state index >= 15 is 0 Å². The van der Waals surface area contributed by atoms with Crippen LogP contribution in [0.2, 0.25) is 0 Å². The summed E-state index contributed by atoms with van der Waals surface area (Å²) < 4.78 is 11.5. The van der Waals surface area contributed by atoms with Crippen LogP contribution in [0.5, 0.6) is 5.75 Å². The van der Waals surface area contributed by atoms with E-state index in [2.05, 4.69) is 45.4 Å². The van der Waals surface area contributed by atoms with Crippen molar-refractivity contribution in [2.45, 2.75) is 45.1 Å². The van der Waals surface area contributed by atoms with Crippen molar-refractivity contribution in [2.24, 2.45) is 5.41 Å². The molecule has 3 aliphatic heterocycles. The van der Waals surface area contributed by atoms with Crippen molar-refractivity contribution in [1.29, 1.82) is 0 Å². The fraction of sp³-hybridized carbons (Fsp3) is 0.562. The number of anilines is 1. The third-order valence-corrected chi connectivity index (χ3v) is 8.80. The molecule has 2 saturated heterocycles. The smallest absolute Gasteiger partial charge is 0.236 e. The molecule has 0 radical (unpaired) electrons. The van der Waals surface area contributed by atoms with E-state index < -0.39 is 0 Å². The minimum absolute atomic E-state index is 0.117. The van der Waals surface area contributed by atoms with Gasteiger partial charge in [-0.2, -0.15) is 0 Å². The summed E-state index contributed by atoms with van der Waals surface area (Å²) >= 11 is 0. The lowest BCUT2D eigenvalue weighted by atomic mass is 9.73. The molecule has 3 heterocycles. The van der Waals surface area contributed by atoms with Crippen LogP contribution in [0.3, 0.4) is 0 Å². The number of aryl methyl sites for hydroxylation is 1. The van der Waals surface area contributed by atoms with Gasteiger partial charge >= 0.3 is 0 Å². The van der Waals surface area contributed by atoms with Gasteiger partial charge in [-0.15, -0.1) is 0 Å². The molecule has 0 aliphatic carbocycles. The zero-order valence-electron chi connectivity index (χ0n) is 23.9. The van der Waals surface area contributed by atoms with Gasteiger partial charge in [-0.05, 0) is 68.5 Å². The van der Waals surface area contributed by atoms with Gasteiger partial charge in [0.2, 0.25) is 11.8 Å². The lowest BCUT2D eigenvalue weighted by Crippen LogP contribution is -2.51. The van der Waals surface area contributed by atoms with E-state index in [1.165, 1.54) is 11.3 Å². The van der Waals surface area contributed by atoms with Gasteiger partial charge < -0.3 is 24.6 Å². The largest absolute Gasteiger partial charge is 0.491 e. The van der Waals surface area contributed by atoms with Crippen LogP contribution >= 0.6 is 0 Å². The van der Waals surface area contributed by atoms with E-state index in [9.17, 15) is 9.59 Å². The number of carbonyl (C=O) groups excluding carboxylic acids is 2. The maximum absolute atomic E-state index is 13.4. The van der Waals surface area contributed by atoms with E-state index in [1.54, 1.807) is 0 Å². The fourth-order valence-electron chi connectivity index (χ4n) is 6.29. The van der Waals surface area contributed by atoms with Gasteiger partial charge in [0, 0.05) is 32.4 Å². The van der Waals surface area contributed by atoms with Crippen LogP contribution in [0.4, 0.5) is 5.69 Å². The van der Waals surface area contributed by atoms with Gasteiger partial charge in [-0.3, -0.25) is 14.5 Å². The van der Waals surface area contributed by atoms with Crippen LogP contribution < -0.4 is 15.0 Å². The zero-order chi connectivity index (χ0) is 27.8. The second kappa shape index (κ2) is 13.5. The van der Waals surface area contributed by atoms with Crippen LogP contribution in [0.25, 0.3) is 0 Å². The van der Waals surface area contributed by atoms with Crippen molar-refractivity contribution >= 4 is 17.5 Å². The summed E-state index contributed by atoms with van der Waals surface area (Å²) in [6.07, 6.45) is 5.47. The number of amides is 2. The Kier molecular flexibility index (Phi) is 9.60. The van der Waals surface area contributed by atoms with E-state index in [0.717, 1.165) is 89.2 Å². The van der Waals surface area contributed by atoms with Gasteiger partial charge in [0.1, 0.15) is 12.4 Å². The molecule has 2 aromatic carbocycles. The Balaban J connectivity index is 1.14. The molecule has 3 aliphatic rings. The molecule has 2 fully saturated rings. The standard InChI is InChI=1S/C32H44N4O4/c1-34(24-27-10-2-4-11-28(27)36-19-22-39-23-20-36)30(37)25-35-17-14-32(15-18-35)13-7-6-9-26-8-3-5-12-29(26)40-21-16-33-31(32)38/h2-5,8,10-12H,6-7,9,13-25H2,1H3,(H,33,38). The average Bonchev–Trinajstić information content (AvgIpc) is 2.99. The first-order valence-corrected chi connectivity index (χ1v) is 14.9. The molecular formula is C32H44N4O4. The summed E-state index contributed by atoms with van der Waals surface area (Å²) in [5.74, 6) is 1.19. The summed E-state index contributed by atoms with van der Waals surface area (Å²) in [5, 5.41) is 3.16. The summed E-state index contributed by atoms with van der Waals surface area (Å²) in [6.45, 7) is 6.69. The monoisotopic (exact) mass is 548 g/mol. The molecule has 0 atom stereocenters. The van der Waals surface area contributed by atoms with Gasteiger partial charge in [0.15, 0.2) is 0 Å². The average molecular weight is 549 g/mol. The number of morpholine rings is 1. The number of fused-ring (bicyclic) bond motifs is 1. The SMILES string of the molecule is CN(Cc1ccccc1N1CCOCC1)C(=O)CN1CCC2(CCCCc3ccccc3OCCNC2=O)CC1. The van der Waals surface area contributed by atoms with Crippen molar-refractivity contribution in [3.63, 3.8) is 0 Å². The molecule has 2 aromatic rings. The van der Waals surface area contributed by atoms with Crippen molar-refractivity contribution in [2.75, 3.05) is 71.0 Å². The van der Waals surface area contributed by atoms with Crippen molar-refractivity contribution < 1.29 is 19.1 Å². The molecule has 0 aromatic heterocycles. The Morgan fingerprint density at radius 1 is 0.950 bits per heavy atom. The molecule has 1 N–H and O–H groups in total. The Hall–Kier alpha value is -3.10. The maximum atomic E-state index is 13.4. The number of ether oxygens (including phenoxy) is 2. The summed E-state index contributed by atoms with van der Waals surface area (Å²) in [6, 6.07) is 16.6. The number of para-hydroxylation sites is 2. The molecular weight excluding hydrogens is 504 g/mol. The van der Waals surface area contributed by atoms with Crippen LogP contribution in [0.1, 0.15) is 43.2 Å². The number of piperidine rings is 1. The zero-order valence-corrected chi connectivity index (χ0v) is 23.9. The first-order valence-electron chi connectivity index (χ1n) is 14.9. The second-order valence-corrected chi connectivity index (χ2v) is 11.5. The molecule has 0 bridgehead atoms. The van der Waals surface area contributed by atoms with Crippen LogP contribution in [0.15, 0.2) is 48.5 Å². The fourth-order valence-corrected chi connectivity index (χ4v) is 6.29. The molecule has 1 spiro atoms. The van der Waals surface area contributed by atoms with E-state index in [-0.39, 0.29) is 17.2 Å². The lowest BCUT2D eigenvalue weighted by molar-refractivity contribution is -0.136. The Morgan fingerprint density at radius 2 is 1.70 bits per heavy atom. The van der Waals surface area contributed by atoms with Crippen molar-refractivity contribution in [1.82, 2.24) is 15.1 Å². The first kappa shape index (κ1) is 28.4. The normalized spacial score (nSPS) is 20.4. The Labute approximate surface area is 238 Å². The molecule has 0 unspecified atom stereocenters. The highest BCUT2D eigenvalue weighted by molar-refractivity contribution is 5.83. The van der Waals surface area contributed by atoms with Crippen molar-refractivity contribution in [3.8, 4) is 5.75 Å². The first-order chi connectivity index (χ1) is 19.5. The minimum Gasteiger partial charge on any atom is -0.491 e. The van der Waals surface area contributed by atoms with E-state index in [4.69, 9.17) is 9.47 Å². The molecule has 2 amide bonds. The highest BCUT2D eigenvalue weighted by atomic mass is 16.5. The van der Waals surface area contributed by atoms with Crippen LogP contribution in [-0.4, -0.2) is 87.8 Å². The van der Waals surface area contributed by atoms with Gasteiger partial charge in [0.05, 0.1) is 31.7 Å². The molecule has 40 heavy (non-hydrogen) atoms. The summed E-state index contributed by atoms with van der Waals surface area (Å²) in [5.41, 5.74) is 3.23. The van der Waals surface area contributed by atoms with E-state index in [1.807, 2.05) is 30.1 Å². The third kappa shape index (κ3) is 6.96. The minimum atomic E-state index is -0.360. The number of carbonyl (C=O) groups is 2. The highest BCUT2D eigenvalue weighted by Gasteiger charge is 2.41. The predicted molar refractivity (Wildman–Crippen MR) is 157 cm³/mol. The van der Waals surface area contributed by atoms with Crippen LogP contribution in [-0.2, 0) is 27.3 Å². The number of likely N-dealkylation sites (N-methyl/N-ethyl adjacent to an activating group) is 1. The van der Waals surface area contributed by atoms with Gasteiger partial charge in [-0.25, -0.2) is 0 Å². The molecule has 5 rings (SSSR count). The number of nitrogens with one attached hydrogen (secondary N) is 1. The summed E-state index contributed by atoms with van der Waals surface area (Å²) in [7, 11) is 1.89. The Morgan fingerprint density at radius 3 is 2.52 bits per heavy atom. The molecule has 216 valence electrons. The predicted octanol–water partition coefficient (Wildman–Crippen LogP) is 3.49. The lowest BCUT2D eigenvalue weighted by Gasteiger charge is -2.41. The number of benzene rings is 2. The molecule has 0 saturated carbocycles. The van der Waals surface area contributed by atoms with E-state index in [0.29, 0.717) is 26.2 Å². The number of rotatable bonds is 5. The summed E-state index contributed by atoms with van der Waals surface area (Å²) in [4.78, 5) is 33.0. The quantitative estimate of drug-likeness (QED) is 0.617.